The maximum absolute atomic E-state index is 13.3. The smallest absolute Gasteiger partial charge is 0.125 e. The Morgan fingerprint density at radius 3 is 2.78 bits per heavy atom. The Labute approximate surface area is 108 Å². The molecule has 2 unspecified atom stereocenters. The second-order valence-electron chi connectivity index (χ2n) is 5.93. The van der Waals surface area contributed by atoms with E-state index in [9.17, 15) is 4.39 Å². The molecule has 0 amide bonds. The third-order valence-corrected chi connectivity index (χ3v) is 4.11. The molecule has 98 valence electrons. The summed E-state index contributed by atoms with van der Waals surface area (Å²) in [5.41, 5.74) is 7.13. The summed E-state index contributed by atoms with van der Waals surface area (Å²) in [4.78, 5) is 2.25. The van der Waals surface area contributed by atoms with Crippen LogP contribution < -0.4 is 10.6 Å². The first-order chi connectivity index (χ1) is 8.70. The number of hydrogen-bond donors (Lipinski definition) is 1. The minimum absolute atomic E-state index is 0.162. The zero-order valence-corrected chi connectivity index (χ0v) is 10.7. The molecule has 2 atom stereocenters. The molecule has 0 aromatic heterocycles. The number of hydrogen-bond acceptors (Lipinski definition) is 2. The van der Waals surface area contributed by atoms with E-state index in [1.54, 1.807) is 12.1 Å². The predicted octanol–water partition coefficient (Wildman–Crippen LogP) is 2.78. The van der Waals surface area contributed by atoms with E-state index in [-0.39, 0.29) is 11.9 Å². The molecule has 1 aromatic rings. The molecule has 1 aliphatic carbocycles. The Bertz CT molecular complexity index is 415. The summed E-state index contributed by atoms with van der Waals surface area (Å²) in [6.07, 6.45) is 5.22. The molecule has 2 aliphatic rings. The fourth-order valence-corrected chi connectivity index (χ4v) is 3.13. The fourth-order valence-electron chi connectivity index (χ4n) is 3.13. The molecular formula is C15H21FN2. The number of halogens is 1. The van der Waals surface area contributed by atoms with E-state index in [2.05, 4.69) is 4.90 Å². The molecule has 1 aliphatic heterocycles. The van der Waals surface area contributed by atoms with Crippen LogP contribution in [0.1, 0.15) is 25.7 Å². The number of rotatable bonds is 3. The van der Waals surface area contributed by atoms with Crippen molar-refractivity contribution in [1.82, 2.24) is 0 Å². The molecule has 2 fully saturated rings. The Balaban J connectivity index is 1.70. The van der Waals surface area contributed by atoms with E-state index in [1.807, 2.05) is 6.07 Å². The van der Waals surface area contributed by atoms with Crippen LogP contribution in [0, 0.1) is 17.7 Å². The van der Waals surface area contributed by atoms with Crippen molar-refractivity contribution in [3.63, 3.8) is 0 Å². The second kappa shape index (κ2) is 4.88. The molecule has 0 bridgehead atoms. The van der Waals surface area contributed by atoms with E-state index in [1.165, 1.54) is 25.3 Å². The van der Waals surface area contributed by atoms with E-state index in [0.29, 0.717) is 5.92 Å². The van der Waals surface area contributed by atoms with Crippen molar-refractivity contribution in [3.8, 4) is 0 Å². The van der Waals surface area contributed by atoms with Gasteiger partial charge in [0.2, 0.25) is 0 Å². The summed E-state index contributed by atoms with van der Waals surface area (Å²) in [6.45, 7) is 1.89. The van der Waals surface area contributed by atoms with Gasteiger partial charge in [-0.2, -0.15) is 0 Å². The number of nitrogens with two attached hydrogens (primary N) is 1. The van der Waals surface area contributed by atoms with Crippen molar-refractivity contribution in [2.75, 3.05) is 18.0 Å². The Morgan fingerprint density at radius 1 is 1.22 bits per heavy atom. The zero-order valence-electron chi connectivity index (χ0n) is 10.7. The summed E-state index contributed by atoms with van der Waals surface area (Å²) < 4.78 is 13.3. The van der Waals surface area contributed by atoms with Crippen LogP contribution in [-0.2, 0) is 0 Å². The average molecular weight is 248 g/mol. The molecule has 1 saturated heterocycles. The molecule has 0 spiro atoms. The van der Waals surface area contributed by atoms with Crippen molar-refractivity contribution < 1.29 is 4.39 Å². The summed E-state index contributed by atoms with van der Waals surface area (Å²) in [5.74, 6) is 1.46. The van der Waals surface area contributed by atoms with Crippen molar-refractivity contribution in [1.29, 1.82) is 0 Å². The van der Waals surface area contributed by atoms with Gasteiger partial charge in [0.1, 0.15) is 5.82 Å². The predicted molar refractivity (Wildman–Crippen MR) is 72.0 cm³/mol. The lowest BCUT2D eigenvalue weighted by atomic mass is 9.90. The molecule has 1 saturated carbocycles. The van der Waals surface area contributed by atoms with Crippen LogP contribution in [0.3, 0.4) is 0 Å². The van der Waals surface area contributed by atoms with Gasteiger partial charge in [0.05, 0.1) is 0 Å². The maximum Gasteiger partial charge on any atom is 0.125 e. The third kappa shape index (κ3) is 2.83. The lowest BCUT2D eigenvalue weighted by molar-refractivity contribution is 0.344. The van der Waals surface area contributed by atoms with Gasteiger partial charge in [-0.25, -0.2) is 4.39 Å². The third-order valence-electron chi connectivity index (χ3n) is 4.11. The normalized spacial score (nSPS) is 28.4. The van der Waals surface area contributed by atoms with Crippen LogP contribution in [-0.4, -0.2) is 19.1 Å². The standard InChI is InChI=1S/C15H21FN2/c16-13-2-1-3-15(8-13)18-9-12(6-11-4-5-11)7-14(17)10-18/h1-3,8,11-12,14H,4-7,9-10,17H2. The van der Waals surface area contributed by atoms with Crippen molar-refractivity contribution >= 4 is 5.69 Å². The molecule has 2 nitrogen and oxygen atoms in total. The number of piperidine rings is 1. The molecule has 0 radical (unpaired) electrons. The molecule has 3 heteroatoms. The summed E-state index contributed by atoms with van der Waals surface area (Å²) in [7, 11) is 0. The van der Waals surface area contributed by atoms with Gasteiger partial charge in [0, 0.05) is 24.8 Å². The minimum Gasteiger partial charge on any atom is -0.370 e. The summed E-state index contributed by atoms with van der Waals surface area (Å²) in [6, 6.07) is 7.10. The highest BCUT2D eigenvalue weighted by atomic mass is 19.1. The average Bonchev–Trinajstić information content (AvgIpc) is 3.12. The Kier molecular flexibility index (Phi) is 3.25. The zero-order chi connectivity index (χ0) is 12.5. The van der Waals surface area contributed by atoms with E-state index >= 15 is 0 Å². The topological polar surface area (TPSA) is 29.3 Å². The lowest BCUT2D eigenvalue weighted by Gasteiger charge is -2.38. The number of benzene rings is 1. The fraction of sp³-hybridized carbons (Fsp3) is 0.600. The van der Waals surface area contributed by atoms with Gasteiger partial charge in [-0.15, -0.1) is 0 Å². The number of nitrogens with zero attached hydrogens (tertiary/aromatic N) is 1. The molecule has 1 heterocycles. The SMILES string of the molecule is NC1CC(CC2CC2)CN(c2cccc(F)c2)C1. The van der Waals surface area contributed by atoms with E-state index in [0.717, 1.165) is 31.1 Å². The molecule has 1 aromatic carbocycles. The van der Waals surface area contributed by atoms with E-state index in [4.69, 9.17) is 5.73 Å². The van der Waals surface area contributed by atoms with E-state index < -0.39 is 0 Å². The molecule has 3 rings (SSSR count). The van der Waals surface area contributed by atoms with Crippen molar-refractivity contribution in [3.05, 3.63) is 30.1 Å². The van der Waals surface area contributed by atoms with Crippen LogP contribution in [0.5, 0.6) is 0 Å². The minimum atomic E-state index is -0.162. The van der Waals surface area contributed by atoms with Crippen molar-refractivity contribution in [2.24, 2.45) is 17.6 Å². The number of anilines is 1. The lowest BCUT2D eigenvalue weighted by Crippen LogP contribution is -2.47. The molecular weight excluding hydrogens is 227 g/mol. The van der Waals surface area contributed by atoms with Crippen molar-refractivity contribution in [2.45, 2.75) is 31.7 Å². The van der Waals surface area contributed by atoms with Gasteiger partial charge < -0.3 is 10.6 Å². The largest absolute Gasteiger partial charge is 0.370 e. The van der Waals surface area contributed by atoms with Gasteiger partial charge in [-0.3, -0.25) is 0 Å². The van der Waals surface area contributed by atoms with Gasteiger partial charge in [-0.05, 0) is 42.9 Å². The van der Waals surface area contributed by atoms with Crippen LogP contribution in [0.2, 0.25) is 0 Å². The van der Waals surface area contributed by atoms with Crippen LogP contribution >= 0.6 is 0 Å². The van der Waals surface area contributed by atoms with Gasteiger partial charge in [-0.1, -0.05) is 18.9 Å². The summed E-state index contributed by atoms with van der Waals surface area (Å²) >= 11 is 0. The Hall–Kier alpha value is -1.09. The highest BCUT2D eigenvalue weighted by molar-refractivity contribution is 5.47. The first-order valence-corrected chi connectivity index (χ1v) is 6.97. The second-order valence-corrected chi connectivity index (χ2v) is 5.93. The van der Waals surface area contributed by atoms with Crippen LogP contribution in [0.4, 0.5) is 10.1 Å². The summed E-state index contributed by atoms with van der Waals surface area (Å²) in [5, 5.41) is 0. The molecule has 2 N–H and O–H groups in total. The highest BCUT2D eigenvalue weighted by Crippen LogP contribution is 2.38. The van der Waals surface area contributed by atoms with Crippen LogP contribution in [0.25, 0.3) is 0 Å². The van der Waals surface area contributed by atoms with Gasteiger partial charge in [0.25, 0.3) is 0 Å². The van der Waals surface area contributed by atoms with Gasteiger partial charge >= 0.3 is 0 Å². The monoisotopic (exact) mass is 248 g/mol. The van der Waals surface area contributed by atoms with Crippen LogP contribution in [0.15, 0.2) is 24.3 Å². The first-order valence-electron chi connectivity index (χ1n) is 6.97. The highest BCUT2D eigenvalue weighted by Gasteiger charge is 2.31. The molecule has 18 heavy (non-hydrogen) atoms. The maximum atomic E-state index is 13.3. The first kappa shape index (κ1) is 12.0. The quantitative estimate of drug-likeness (QED) is 0.891. The van der Waals surface area contributed by atoms with Gasteiger partial charge in [0.15, 0.2) is 0 Å². The Morgan fingerprint density at radius 2 is 2.06 bits per heavy atom.